The Morgan fingerprint density at radius 1 is 1.58 bits per heavy atom. The summed E-state index contributed by atoms with van der Waals surface area (Å²) in [7, 11) is 0. The number of nitrogens with zero attached hydrogens (tertiary/aromatic N) is 2. The first-order chi connectivity index (χ1) is 5.81. The van der Waals surface area contributed by atoms with Gasteiger partial charge in [0.15, 0.2) is 0 Å². The smallest absolute Gasteiger partial charge is 0.139 e. The van der Waals surface area contributed by atoms with E-state index in [1.165, 1.54) is 12.1 Å². The van der Waals surface area contributed by atoms with Gasteiger partial charge in [-0.05, 0) is 0 Å². The second-order valence-electron chi connectivity index (χ2n) is 2.47. The topological polar surface area (TPSA) is 17.3 Å². The SMILES string of the molecule is C=Cc1cn2ccnc2cc1F. The van der Waals surface area contributed by atoms with Crippen LogP contribution in [0.1, 0.15) is 5.56 Å². The predicted molar refractivity (Wildman–Crippen MR) is 45.2 cm³/mol. The van der Waals surface area contributed by atoms with Crippen molar-refractivity contribution in [3.63, 3.8) is 0 Å². The van der Waals surface area contributed by atoms with Crippen molar-refractivity contribution in [3.8, 4) is 0 Å². The molecule has 60 valence electrons. The normalized spacial score (nSPS) is 10.4. The molecule has 0 spiro atoms. The zero-order chi connectivity index (χ0) is 8.55. The van der Waals surface area contributed by atoms with Gasteiger partial charge in [-0.3, -0.25) is 0 Å². The minimum atomic E-state index is -0.288. The van der Waals surface area contributed by atoms with Crippen LogP contribution in [0.4, 0.5) is 4.39 Å². The highest BCUT2D eigenvalue weighted by molar-refractivity contribution is 5.51. The summed E-state index contributed by atoms with van der Waals surface area (Å²) in [5.41, 5.74) is 1.10. The van der Waals surface area contributed by atoms with E-state index in [9.17, 15) is 4.39 Å². The van der Waals surface area contributed by atoms with Crippen LogP contribution in [0.5, 0.6) is 0 Å². The first-order valence-corrected chi connectivity index (χ1v) is 3.56. The van der Waals surface area contributed by atoms with Gasteiger partial charge in [0.1, 0.15) is 11.5 Å². The second-order valence-corrected chi connectivity index (χ2v) is 2.47. The molecule has 0 saturated carbocycles. The minimum Gasteiger partial charge on any atom is -0.306 e. The molecule has 0 atom stereocenters. The molecule has 0 saturated heterocycles. The van der Waals surface area contributed by atoms with E-state index in [0.29, 0.717) is 11.2 Å². The largest absolute Gasteiger partial charge is 0.306 e. The lowest BCUT2D eigenvalue weighted by atomic mass is 10.2. The zero-order valence-electron chi connectivity index (χ0n) is 6.37. The highest BCUT2D eigenvalue weighted by Gasteiger charge is 2.00. The molecule has 0 aliphatic heterocycles. The summed E-state index contributed by atoms with van der Waals surface area (Å²) in [6.07, 6.45) is 6.53. The van der Waals surface area contributed by atoms with Gasteiger partial charge in [-0.2, -0.15) is 0 Å². The fraction of sp³-hybridized carbons (Fsp3) is 0. The maximum atomic E-state index is 13.1. The van der Waals surface area contributed by atoms with Crippen molar-refractivity contribution in [2.24, 2.45) is 0 Å². The standard InChI is InChI=1S/C9H7FN2/c1-2-7-6-12-4-3-11-9(12)5-8(7)10/h2-6H,1H2. The summed E-state index contributed by atoms with van der Waals surface area (Å²) >= 11 is 0. The third kappa shape index (κ3) is 0.906. The molecule has 12 heavy (non-hydrogen) atoms. The van der Waals surface area contributed by atoms with Gasteiger partial charge in [0.25, 0.3) is 0 Å². The Labute approximate surface area is 69.0 Å². The number of pyridine rings is 1. The Kier molecular flexibility index (Phi) is 1.43. The van der Waals surface area contributed by atoms with E-state index in [-0.39, 0.29) is 5.82 Å². The lowest BCUT2D eigenvalue weighted by Crippen LogP contribution is -1.89. The van der Waals surface area contributed by atoms with Crippen molar-refractivity contribution in [1.29, 1.82) is 0 Å². The van der Waals surface area contributed by atoms with Crippen molar-refractivity contribution < 1.29 is 4.39 Å². The summed E-state index contributed by atoms with van der Waals surface area (Å²) in [5, 5.41) is 0. The molecule has 0 aliphatic carbocycles. The summed E-state index contributed by atoms with van der Waals surface area (Å²) in [6.45, 7) is 3.51. The quantitative estimate of drug-likeness (QED) is 0.627. The van der Waals surface area contributed by atoms with Gasteiger partial charge < -0.3 is 4.40 Å². The number of halogens is 1. The van der Waals surface area contributed by atoms with Gasteiger partial charge in [0, 0.05) is 30.2 Å². The third-order valence-electron chi connectivity index (χ3n) is 1.73. The number of hydrogen-bond acceptors (Lipinski definition) is 1. The van der Waals surface area contributed by atoms with E-state index in [1.807, 2.05) is 0 Å². The zero-order valence-corrected chi connectivity index (χ0v) is 6.37. The van der Waals surface area contributed by atoms with Crippen molar-refractivity contribution in [2.45, 2.75) is 0 Å². The third-order valence-corrected chi connectivity index (χ3v) is 1.73. The van der Waals surface area contributed by atoms with Crippen LogP contribution in [0.15, 0.2) is 31.2 Å². The second kappa shape index (κ2) is 2.44. The molecule has 2 heterocycles. The van der Waals surface area contributed by atoms with Crippen molar-refractivity contribution in [2.75, 3.05) is 0 Å². The molecule has 2 aromatic heterocycles. The molecule has 0 N–H and O–H groups in total. The van der Waals surface area contributed by atoms with Crippen LogP contribution in [-0.4, -0.2) is 9.38 Å². The number of aromatic nitrogens is 2. The first kappa shape index (κ1) is 7.03. The van der Waals surface area contributed by atoms with Gasteiger partial charge in [-0.25, -0.2) is 9.37 Å². The van der Waals surface area contributed by atoms with Gasteiger partial charge in [0.2, 0.25) is 0 Å². The molecular weight excluding hydrogens is 155 g/mol. The fourth-order valence-electron chi connectivity index (χ4n) is 1.10. The van der Waals surface area contributed by atoms with Crippen LogP contribution in [-0.2, 0) is 0 Å². The maximum absolute atomic E-state index is 13.1. The highest BCUT2D eigenvalue weighted by Crippen LogP contribution is 2.11. The monoisotopic (exact) mass is 162 g/mol. The van der Waals surface area contributed by atoms with Crippen LogP contribution in [0.2, 0.25) is 0 Å². The highest BCUT2D eigenvalue weighted by atomic mass is 19.1. The number of fused-ring (bicyclic) bond motifs is 1. The Morgan fingerprint density at radius 2 is 2.42 bits per heavy atom. The van der Waals surface area contributed by atoms with Crippen molar-refractivity contribution >= 4 is 11.7 Å². The van der Waals surface area contributed by atoms with Crippen LogP contribution >= 0.6 is 0 Å². The lowest BCUT2D eigenvalue weighted by Gasteiger charge is -1.97. The van der Waals surface area contributed by atoms with Gasteiger partial charge in [-0.1, -0.05) is 12.7 Å². The minimum absolute atomic E-state index is 0.288. The number of hydrogen-bond donors (Lipinski definition) is 0. The molecule has 0 amide bonds. The lowest BCUT2D eigenvalue weighted by molar-refractivity contribution is 0.623. The van der Waals surface area contributed by atoms with Crippen LogP contribution in [0.25, 0.3) is 11.7 Å². The predicted octanol–water partition coefficient (Wildman–Crippen LogP) is 2.12. The van der Waals surface area contributed by atoms with E-state index in [4.69, 9.17) is 0 Å². The molecule has 0 bridgehead atoms. The molecule has 3 heteroatoms. The summed E-state index contributed by atoms with van der Waals surface area (Å²) < 4.78 is 14.8. The van der Waals surface area contributed by atoms with Gasteiger partial charge in [-0.15, -0.1) is 0 Å². The molecule has 0 radical (unpaired) electrons. The van der Waals surface area contributed by atoms with Crippen LogP contribution in [0.3, 0.4) is 0 Å². The Balaban J connectivity index is 2.81. The molecule has 0 aliphatic rings. The average molecular weight is 162 g/mol. The molecule has 2 rings (SSSR count). The van der Waals surface area contributed by atoms with Crippen LogP contribution < -0.4 is 0 Å². The van der Waals surface area contributed by atoms with E-state index in [0.717, 1.165) is 0 Å². The van der Waals surface area contributed by atoms with E-state index < -0.39 is 0 Å². The molecule has 0 unspecified atom stereocenters. The van der Waals surface area contributed by atoms with Crippen LogP contribution in [0, 0.1) is 5.82 Å². The van der Waals surface area contributed by atoms with Crippen molar-refractivity contribution in [1.82, 2.24) is 9.38 Å². The molecule has 0 aromatic carbocycles. The fourth-order valence-corrected chi connectivity index (χ4v) is 1.10. The van der Waals surface area contributed by atoms with E-state index in [1.54, 1.807) is 23.0 Å². The van der Waals surface area contributed by atoms with E-state index in [2.05, 4.69) is 11.6 Å². The Morgan fingerprint density at radius 3 is 3.17 bits per heavy atom. The number of imidazole rings is 1. The molecule has 0 fully saturated rings. The first-order valence-electron chi connectivity index (χ1n) is 3.56. The summed E-state index contributed by atoms with van der Waals surface area (Å²) in [6, 6.07) is 1.39. The van der Waals surface area contributed by atoms with Gasteiger partial charge >= 0.3 is 0 Å². The molecule has 2 nitrogen and oxygen atoms in total. The molecular formula is C9H7FN2. The van der Waals surface area contributed by atoms with E-state index >= 15 is 0 Å². The molecule has 2 aromatic rings. The van der Waals surface area contributed by atoms with Crippen molar-refractivity contribution in [3.05, 3.63) is 42.6 Å². The summed E-state index contributed by atoms with van der Waals surface area (Å²) in [4.78, 5) is 3.94. The Bertz CT molecular complexity index is 431. The summed E-state index contributed by atoms with van der Waals surface area (Å²) in [5.74, 6) is -0.288. The maximum Gasteiger partial charge on any atom is 0.139 e. The Hall–Kier alpha value is -1.64. The number of rotatable bonds is 1. The average Bonchev–Trinajstić information content (AvgIpc) is 2.49. The van der Waals surface area contributed by atoms with Gasteiger partial charge in [0.05, 0.1) is 0 Å².